The number of hydrogen-bond acceptors (Lipinski definition) is 2. The minimum atomic E-state index is 0.00777. The molecule has 0 fully saturated rings. The molecule has 0 saturated heterocycles. The van der Waals surface area contributed by atoms with E-state index in [1.54, 1.807) is 12.1 Å². The number of rotatable bonds is 8. The van der Waals surface area contributed by atoms with Crippen molar-refractivity contribution in [3.8, 4) is 11.5 Å². The molecule has 0 aliphatic heterocycles. The first-order chi connectivity index (χ1) is 10.5. The van der Waals surface area contributed by atoms with Crippen LogP contribution in [-0.4, -0.2) is 10.2 Å². The summed E-state index contributed by atoms with van der Waals surface area (Å²) in [4.78, 5) is 0. The monoisotopic (exact) mass is 320 g/mol. The van der Waals surface area contributed by atoms with Gasteiger partial charge in [0.05, 0.1) is 0 Å². The zero-order valence-corrected chi connectivity index (χ0v) is 16.0. The molecule has 1 aromatic rings. The van der Waals surface area contributed by atoms with Gasteiger partial charge in [0.1, 0.15) is 0 Å². The average molecular weight is 321 g/mol. The van der Waals surface area contributed by atoms with Crippen molar-refractivity contribution in [2.75, 3.05) is 0 Å². The summed E-state index contributed by atoms with van der Waals surface area (Å²) in [6, 6.07) is 3.53. The van der Waals surface area contributed by atoms with Crippen LogP contribution in [0.4, 0.5) is 0 Å². The Hall–Kier alpha value is -1.18. The molecule has 2 N–H and O–H groups in total. The summed E-state index contributed by atoms with van der Waals surface area (Å²) in [6.07, 6.45) is 7.72. The molecular formula is C21H36O2. The minimum Gasteiger partial charge on any atom is -0.504 e. The lowest BCUT2D eigenvalue weighted by Gasteiger charge is -2.23. The SMILES string of the molecule is CCC(C)(C)CCCc1cc(O)c(O)cc1CCCC(C)(C)C. The molecule has 0 aliphatic carbocycles. The number of hydrogen-bond donors (Lipinski definition) is 2. The second-order valence-electron chi connectivity index (χ2n) is 8.90. The fraction of sp³-hybridized carbons (Fsp3) is 0.714. The Balaban J connectivity index is 2.74. The zero-order chi connectivity index (χ0) is 17.7. The van der Waals surface area contributed by atoms with Crippen molar-refractivity contribution < 1.29 is 10.2 Å². The Labute approximate surface area is 142 Å². The van der Waals surface area contributed by atoms with Crippen LogP contribution in [0.15, 0.2) is 12.1 Å². The van der Waals surface area contributed by atoms with Gasteiger partial charge in [-0.3, -0.25) is 0 Å². The number of phenolic OH excluding ortho intramolecular Hbond substituents is 2. The van der Waals surface area contributed by atoms with Gasteiger partial charge in [-0.05, 0) is 72.6 Å². The first-order valence-electron chi connectivity index (χ1n) is 9.08. The van der Waals surface area contributed by atoms with Gasteiger partial charge in [-0.1, -0.05) is 48.0 Å². The number of aromatic hydroxyl groups is 2. The maximum absolute atomic E-state index is 9.83. The maximum Gasteiger partial charge on any atom is 0.157 e. The summed E-state index contributed by atoms with van der Waals surface area (Å²) >= 11 is 0. The first kappa shape index (κ1) is 19.9. The number of aryl methyl sites for hydroxylation is 2. The highest BCUT2D eigenvalue weighted by Gasteiger charge is 2.16. The third kappa shape index (κ3) is 7.28. The van der Waals surface area contributed by atoms with E-state index >= 15 is 0 Å². The van der Waals surface area contributed by atoms with Crippen LogP contribution in [0, 0.1) is 10.8 Å². The van der Waals surface area contributed by atoms with E-state index in [-0.39, 0.29) is 11.5 Å². The van der Waals surface area contributed by atoms with E-state index in [1.165, 1.54) is 24.0 Å². The third-order valence-electron chi connectivity index (χ3n) is 4.93. The van der Waals surface area contributed by atoms with Crippen molar-refractivity contribution >= 4 is 0 Å². The lowest BCUT2D eigenvalue weighted by molar-refractivity contribution is 0.313. The highest BCUT2D eigenvalue weighted by Crippen LogP contribution is 2.33. The molecule has 23 heavy (non-hydrogen) atoms. The summed E-state index contributed by atoms with van der Waals surface area (Å²) in [6.45, 7) is 13.6. The van der Waals surface area contributed by atoms with Gasteiger partial charge in [-0.15, -0.1) is 0 Å². The van der Waals surface area contributed by atoms with Crippen LogP contribution in [-0.2, 0) is 12.8 Å². The van der Waals surface area contributed by atoms with Crippen molar-refractivity contribution in [1.82, 2.24) is 0 Å². The van der Waals surface area contributed by atoms with E-state index in [4.69, 9.17) is 0 Å². The van der Waals surface area contributed by atoms with Gasteiger partial charge in [0, 0.05) is 0 Å². The van der Waals surface area contributed by atoms with Crippen LogP contribution in [0.3, 0.4) is 0 Å². The van der Waals surface area contributed by atoms with Crippen LogP contribution in [0.2, 0.25) is 0 Å². The van der Waals surface area contributed by atoms with E-state index < -0.39 is 0 Å². The average Bonchev–Trinajstić information content (AvgIpc) is 2.42. The van der Waals surface area contributed by atoms with Gasteiger partial charge in [0.2, 0.25) is 0 Å². The lowest BCUT2D eigenvalue weighted by Crippen LogP contribution is -2.10. The number of benzene rings is 1. The molecule has 1 aromatic carbocycles. The van der Waals surface area contributed by atoms with Crippen molar-refractivity contribution in [2.45, 2.75) is 86.5 Å². The van der Waals surface area contributed by atoms with Gasteiger partial charge in [-0.25, -0.2) is 0 Å². The highest BCUT2D eigenvalue weighted by molar-refractivity contribution is 5.45. The summed E-state index contributed by atoms with van der Waals surface area (Å²) in [5.41, 5.74) is 3.11. The predicted molar refractivity (Wildman–Crippen MR) is 99.2 cm³/mol. The van der Waals surface area contributed by atoms with E-state index in [0.29, 0.717) is 10.8 Å². The van der Waals surface area contributed by atoms with Crippen LogP contribution >= 0.6 is 0 Å². The van der Waals surface area contributed by atoms with Gasteiger partial charge in [-0.2, -0.15) is 0 Å². The Bertz CT molecular complexity index is 495. The Morgan fingerprint density at radius 2 is 1.22 bits per heavy atom. The fourth-order valence-corrected chi connectivity index (χ4v) is 2.87. The van der Waals surface area contributed by atoms with Gasteiger partial charge >= 0.3 is 0 Å². The molecule has 0 amide bonds. The lowest BCUT2D eigenvalue weighted by atomic mass is 9.83. The van der Waals surface area contributed by atoms with E-state index in [9.17, 15) is 10.2 Å². The predicted octanol–water partition coefficient (Wildman–Crippen LogP) is 6.23. The van der Waals surface area contributed by atoms with Crippen LogP contribution < -0.4 is 0 Å². The summed E-state index contributed by atoms with van der Waals surface area (Å²) < 4.78 is 0. The van der Waals surface area contributed by atoms with Gasteiger partial charge in [0.15, 0.2) is 11.5 Å². The molecule has 2 heteroatoms. The molecule has 0 saturated carbocycles. The molecular weight excluding hydrogens is 284 g/mol. The van der Waals surface area contributed by atoms with Gasteiger partial charge < -0.3 is 10.2 Å². The minimum absolute atomic E-state index is 0.00777. The summed E-state index contributed by atoms with van der Waals surface area (Å²) in [7, 11) is 0. The van der Waals surface area contributed by atoms with Crippen molar-refractivity contribution in [2.24, 2.45) is 10.8 Å². The van der Waals surface area contributed by atoms with E-state index in [1.807, 2.05) is 0 Å². The van der Waals surface area contributed by atoms with E-state index in [2.05, 4.69) is 41.5 Å². The molecule has 2 nitrogen and oxygen atoms in total. The Morgan fingerprint density at radius 1 is 0.783 bits per heavy atom. The fourth-order valence-electron chi connectivity index (χ4n) is 2.87. The second kappa shape index (κ2) is 8.08. The quantitative estimate of drug-likeness (QED) is 0.558. The topological polar surface area (TPSA) is 40.5 Å². The third-order valence-corrected chi connectivity index (χ3v) is 4.93. The van der Waals surface area contributed by atoms with E-state index in [0.717, 1.165) is 32.1 Å². The second-order valence-corrected chi connectivity index (χ2v) is 8.90. The molecule has 0 unspecified atom stereocenters. The standard InChI is InChI=1S/C21H36O2/c1-7-21(5,6)13-9-11-17-15-19(23)18(22)14-16(17)10-8-12-20(2,3)4/h14-15,22-23H,7-13H2,1-6H3. The van der Waals surface area contributed by atoms with Gasteiger partial charge in [0.25, 0.3) is 0 Å². The molecule has 0 aromatic heterocycles. The zero-order valence-electron chi connectivity index (χ0n) is 16.0. The molecule has 0 spiro atoms. The Kier molecular flexibility index (Phi) is 6.98. The normalized spacial score (nSPS) is 12.6. The summed E-state index contributed by atoms with van der Waals surface area (Å²) in [5.74, 6) is 0.0164. The summed E-state index contributed by atoms with van der Waals surface area (Å²) in [5, 5.41) is 19.7. The molecule has 0 atom stereocenters. The smallest absolute Gasteiger partial charge is 0.157 e. The van der Waals surface area contributed by atoms with Crippen LogP contribution in [0.1, 0.15) is 84.8 Å². The van der Waals surface area contributed by atoms with Crippen molar-refractivity contribution in [3.05, 3.63) is 23.3 Å². The molecule has 0 aliphatic rings. The molecule has 132 valence electrons. The number of phenols is 2. The molecule has 1 rings (SSSR count). The highest BCUT2D eigenvalue weighted by atomic mass is 16.3. The largest absolute Gasteiger partial charge is 0.504 e. The van der Waals surface area contributed by atoms with Crippen molar-refractivity contribution in [1.29, 1.82) is 0 Å². The Morgan fingerprint density at radius 3 is 1.61 bits per heavy atom. The van der Waals surface area contributed by atoms with Crippen LogP contribution in [0.25, 0.3) is 0 Å². The van der Waals surface area contributed by atoms with Crippen molar-refractivity contribution in [3.63, 3.8) is 0 Å². The first-order valence-corrected chi connectivity index (χ1v) is 9.08. The molecule has 0 bridgehead atoms. The molecule has 0 radical (unpaired) electrons. The maximum atomic E-state index is 9.83. The molecule has 0 heterocycles. The van der Waals surface area contributed by atoms with Crippen LogP contribution in [0.5, 0.6) is 11.5 Å².